The molecular formula is C29H37BrCl2N2O3. The first-order valence-corrected chi connectivity index (χ1v) is 14.5. The largest absolute Gasteiger partial charge is 0.483 e. The van der Waals surface area contributed by atoms with Crippen molar-refractivity contribution in [2.75, 3.05) is 6.61 Å². The van der Waals surface area contributed by atoms with Crippen molar-refractivity contribution in [3.8, 4) is 5.75 Å². The van der Waals surface area contributed by atoms with Crippen molar-refractivity contribution in [3.05, 3.63) is 62.0 Å². The number of nitrogens with zero attached hydrogens (tertiary/aromatic N) is 1. The van der Waals surface area contributed by atoms with Gasteiger partial charge in [-0.15, -0.1) is 0 Å². The summed E-state index contributed by atoms with van der Waals surface area (Å²) >= 11 is 15.9. The number of hydrogen-bond acceptors (Lipinski definition) is 3. The van der Waals surface area contributed by atoms with Crippen LogP contribution in [0.15, 0.2) is 40.9 Å². The third-order valence-electron chi connectivity index (χ3n) is 6.82. The molecule has 1 atom stereocenters. The Balaban J connectivity index is 1.79. The standard InChI is InChI=1S/C29H37BrCl2N2O3/c1-5-25(28(36)33-21-9-7-6-8-10-21)34(17-19-11-13-23(31)24(32)15-19)27(35)18-37-26-14-12-20(16-22(26)30)29(2,3)4/h11-16,21,25H,5-10,17-18H2,1-4H3,(H,33,36). The van der Waals surface area contributed by atoms with Crippen molar-refractivity contribution >= 4 is 50.9 Å². The van der Waals surface area contributed by atoms with Crippen molar-refractivity contribution in [3.63, 3.8) is 0 Å². The minimum Gasteiger partial charge on any atom is -0.483 e. The molecule has 1 unspecified atom stereocenters. The molecule has 2 amide bonds. The summed E-state index contributed by atoms with van der Waals surface area (Å²) < 4.78 is 6.72. The maximum atomic E-state index is 13.6. The van der Waals surface area contributed by atoms with Crippen molar-refractivity contribution in [1.82, 2.24) is 10.2 Å². The first-order chi connectivity index (χ1) is 17.5. The molecular weight excluding hydrogens is 575 g/mol. The fraction of sp³-hybridized carbons (Fsp3) is 0.517. The third-order valence-corrected chi connectivity index (χ3v) is 8.18. The van der Waals surface area contributed by atoms with Gasteiger partial charge in [-0.1, -0.05) is 82.3 Å². The second-order valence-electron chi connectivity index (χ2n) is 10.7. The Morgan fingerprint density at radius 3 is 2.38 bits per heavy atom. The zero-order chi connectivity index (χ0) is 27.2. The highest BCUT2D eigenvalue weighted by Crippen LogP contribution is 2.32. The van der Waals surface area contributed by atoms with E-state index in [2.05, 4.69) is 42.0 Å². The number of benzene rings is 2. The topological polar surface area (TPSA) is 58.6 Å². The molecule has 1 aliphatic rings. The van der Waals surface area contributed by atoms with Crippen LogP contribution in [0.5, 0.6) is 5.75 Å². The average molecular weight is 612 g/mol. The number of ether oxygens (including phenoxy) is 1. The molecule has 0 spiro atoms. The zero-order valence-electron chi connectivity index (χ0n) is 22.1. The van der Waals surface area contributed by atoms with Crippen LogP contribution in [0.1, 0.15) is 77.3 Å². The summed E-state index contributed by atoms with van der Waals surface area (Å²) in [5.41, 5.74) is 1.94. The maximum Gasteiger partial charge on any atom is 0.261 e. The van der Waals surface area contributed by atoms with E-state index in [1.54, 1.807) is 17.0 Å². The number of rotatable bonds is 9. The Morgan fingerprint density at radius 2 is 1.78 bits per heavy atom. The first kappa shape index (κ1) is 29.8. The number of carbonyl (C=O) groups is 2. The Morgan fingerprint density at radius 1 is 1.08 bits per heavy atom. The lowest BCUT2D eigenvalue weighted by atomic mass is 9.87. The molecule has 1 aliphatic carbocycles. The van der Waals surface area contributed by atoms with E-state index in [9.17, 15) is 9.59 Å². The molecule has 1 saturated carbocycles. The third kappa shape index (κ3) is 8.36. The van der Waals surface area contributed by atoms with Gasteiger partial charge in [0.2, 0.25) is 5.91 Å². The van der Waals surface area contributed by atoms with Crippen molar-refractivity contribution in [2.45, 2.75) is 90.3 Å². The fourth-order valence-electron chi connectivity index (χ4n) is 4.61. The summed E-state index contributed by atoms with van der Waals surface area (Å²) in [7, 11) is 0. The quantitative estimate of drug-likeness (QED) is 0.316. The van der Waals surface area contributed by atoms with Gasteiger partial charge >= 0.3 is 0 Å². The van der Waals surface area contributed by atoms with E-state index in [0.29, 0.717) is 22.2 Å². The van der Waals surface area contributed by atoms with E-state index in [0.717, 1.165) is 41.3 Å². The Kier molecular flexibility index (Phi) is 10.7. The molecule has 0 aromatic heterocycles. The smallest absolute Gasteiger partial charge is 0.261 e. The average Bonchev–Trinajstić information content (AvgIpc) is 2.85. The van der Waals surface area contributed by atoms with Gasteiger partial charge in [0.05, 0.1) is 14.5 Å². The van der Waals surface area contributed by atoms with Gasteiger partial charge in [-0.05, 0) is 76.0 Å². The van der Waals surface area contributed by atoms with Crippen LogP contribution >= 0.6 is 39.1 Å². The van der Waals surface area contributed by atoms with Crippen LogP contribution < -0.4 is 10.1 Å². The van der Waals surface area contributed by atoms with Gasteiger partial charge in [0.15, 0.2) is 6.61 Å². The van der Waals surface area contributed by atoms with Gasteiger partial charge < -0.3 is 15.0 Å². The molecule has 0 bridgehead atoms. The second kappa shape index (κ2) is 13.3. The highest BCUT2D eigenvalue weighted by molar-refractivity contribution is 9.10. The Labute approximate surface area is 239 Å². The zero-order valence-corrected chi connectivity index (χ0v) is 25.2. The lowest BCUT2D eigenvalue weighted by molar-refractivity contribution is -0.143. The molecule has 2 aromatic rings. The first-order valence-electron chi connectivity index (χ1n) is 13.0. The second-order valence-corrected chi connectivity index (χ2v) is 12.4. The SMILES string of the molecule is CCC(C(=O)NC1CCCCC1)N(Cc1ccc(Cl)c(Cl)c1)C(=O)COc1ccc(C(C)(C)C)cc1Br. The molecule has 3 rings (SSSR count). The Hall–Kier alpha value is -1.76. The summed E-state index contributed by atoms with van der Waals surface area (Å²) in [5.74, 6) is 0.178. The van der Waals surface area contributed by atoms with Crippen LogP contribution in [0.4, 0.5) is 0 Å². The molecule has 202 valence electrons. The molecule has 1 fully saturated rings. The molecule has 8 heteroatoms. The van der Waals surface area contributed by atoms with E-state index in [1.165, 1.54) is 6.42 Å². The van der Waals surface area contributed by atoms with E-state index in [4.69, 9.17) is 27.9 Å². The lowest BCUT2D eigenvalue weighted by Gasteiger charge is -2.32. The van der Waals surface area contributed by atoms with Gasteiger partial charge in [0.1, 0.15) is 11.8 Å². The van der Waals surface area contributed by atoms with E-state index in [1.807, 2.05) is 31.2 Å². The highest BCUT2D eigenvalue weighted by atomic mass is 79.9. The number of halogens is 3. The summed E-state index contributed by atoms with van der Waals surface area (Å²) in [6, 6.07) is 10.7. The molecule has 0 saturated heterocycles. The van der Waals surface area contributed by atoms with E-state index in [-0.39, 0.29) is 36.4 Å². The van der Waals surface area contributed by atoms with Crippen LogP contribution in [0.3, 0.4) is 0 Å². The van der Waals surface area contributed by atoms with Gasteiger partial charge in [0.25, 0.3) is 5.91 Å². The van der Waals surface area contributed by atoms with E-state index >= 15 is 0 Å². The number of carbonyl (C=O) groups excluding carboxylic acids is 2. The molecule has 0 aliphatic heterocycles. The maximum absolute atomic E-state index is 13.6. The number of nitrogens with one attached hydrogen (secondary N) is 1. The molecule has 5 nitrogen and oxygen atoms in total. The van der Waals surface area contributed by atoms with Gasteiger partial charge in [-0.3, -0.25) is 9.59 Å². The predicted molar refractivity (Wildman–Crippen MR) is 154 cm³/mol. The molecule has 2 aromatic carbocycles. The molecule has 0 radical (unpaired) electrons. The monoisotopic (exact) mass is 610 g/mol. The lowest BCUT2D eigenvalue weighted by Crippen LogP contribution is -2.52. The number of amides is 2. The molecule has 0 heterocycles. The van der Waals surface area contributed by atoms with Crippen LogP contribution in [0.25, 0.3) is 0 Å². The summed E-state index contributed by atoms with van der Waals surface area (Å²) in [5, 5.41) is 4.04. The Bertz CT molecular complexity index is 1100. The predicted octanol–water partition coefficient (Wildman–Crippen LogP) is 7.69. The highest BCUT2D eigenvalue weighted by Gasteiger charge is 2.31. The minimum absolute atomic E-state index is 0.00638. The molecule has 37 heavy (non-hydrogen) atoms. The summed E-state index contributed by atoms with van der Waals surface area (Å²) in [6.45, 7) is 8.37. The summed E-state index contributed by atoms with van der Waals surface area (Å²) in [6.07, 6.45) is 5.87. The van der Waals surface area contributed by atoms with Crippen LogP contribution in [0.2, 0.25) is 10.0 Å². The van der Waals surface area contributed by atoms with Crippen molar-refractivity contribution < 1.29 is 14.3 Å². The molecule has 1 N–H and O–H groups in total. The normalized spacial score (nSPS) is 15.2. The van der Waals surface area contributed by atoms with E-state index < -0.39 is 6.04 Å². The fourth-order valence-corrected chi connectivity index (χ4v) is 5.42. The van der Waals surface area contributed by atoms with Crippen LogP contribution in [-0.2, 0) is 21.5 Å². The van der Waals surface area contributed by atoms with Gasteiger partial charge in [0, 0.05) is 12.6 Å². The minimum atomic E-state index is -0.626. The summed E-state index contributed by atoms with van der Waals surface area (Å²) in [4.78, 5) is 28.5. The van der Waals surface area contributed by atoms with Crippen LogP contribution in [-0.4, -0.2) is 35.4 Å². The van der Waals surface area contributed by atoms with Gasteiger partial charge in [-0.2, -0.15) is 0 Å². The van der Waals surface area contributed by atoms with Gasteiger partial charge in [-0.25, -0.2) is 0 Å². The van der Waals surface area contributed by atoms with Crippen molar-refractivity contribution in [1.29, 1.82) is 0 Å². The number of hydrogen-bond donors (Lipinski definition) is 1. The van der Waals surface area contributed by atoms with Crippen LogP contribution in [0, 0.1) is 0 Å². The van der Waals surface area contributed by atoms with Crippen molar-refractivity contribution in [2.24, 2.45) is 0 Å².